The van der Waals surface area contributed by atoms with Crippen molar-refractivity contribution >= 4 is 11.9 Å². The second kappa shape index (κ2) is 7.38. The number of nitrogens with one attached hydrogen (secondary N) is 1. The van der Waals surface area contributed by atoms with Gasteiger partial charge in [-0.2, -0.15) is 4.98 Å². The molecule has 0 atom stereocenters. The van der Waals surface area contributed by atoms with E-state index in [-0.39, 0.29) is 12.3 Å². The second-order valence-corrected chi connectivity index (χ2v) is 5.93. The molecule has 1 amide bonds. The van der Waals surface area contributed by atoms with Crippen LogP contribution in [0.15, 0.2) is 4.52 Å². The first kappa shape index (κ1) is 16.5. The van der Waals surface area contributed by atoms with Crippen LogP contribution in [0, 0.1) is 6.92 Å². The lowest BCUT2D eigenvalue weighted by Gasteiger charge is -2.35. The maximum absolute atomic E-state index is 12.2. The first-order chi connectivity index (χ1) is 10.5. The smallest absolute Gasteiger partial charge is 0.303 e. The molecule has 2 rings (SSSR count). The lowest BCUT2D eigenvalue weighted by Crippen LogP contribution is -2.48. The van der Waals surface area contributed by atoms with E-state index >= 15 is 0 Å². The zero-order valence-corrected chi connectivity index (χ0v) is 12.9. The summed E-state index contributed by atoms with van der Waals surface area (Å²) in [4.78, 5) is 27.0. The molecule has 0 saturated heterocycles. The number of aliphatic carboxylic acids is 1. The summed E-state index contributed by atoms with van der Waals surface area (Å²) in [5, 5.41) is 15.7. The Morgan fingerprint density at radius 3 is 2.50 bits per heavy atom. The minimum absolute atomic E-state index is 0.0743. The summed E-state index contributed by atoms with van der Waals surface area (Å²) in [5.74, 6) is 0.153. The zero-order chi connectivity index (χ0) is 16.0. The predicted octanol–water partition coefficient (Wildman–Crippen LogP) is 2.30. The normalized spacial score (nSPS) is 17.1. The van der Waals surface area contributed by atoms with E-state index in [9.17, 15) is 9.59 Å². The average molecular weight is 309 g/mol. The largest absolute Gasteiger partial charge is 0.481 e. The van der Waals surface area contributed by atoms with Crippen LogP contribution < -0.4 is 5.32 Å². The molecule has 0 bridgehead atoms. The van der Waals surface area contributed by atoms with Crippen molar-refractivity contribution in [1.29, 1.82) is 0 Å². The monoisotopic (exact) mass is 309 g/mol. The third-order valence-corrected chi connectivity index (χ3v) is 4.09. The topological polar surface area (TPSA) is 105 Å². The molecular formula is C15H23N3O4. The number of hydrogen-bond acceptors (Lipinski definition) is 5. The molecule has 1 aliphatic carbocycles. The number of amides is 1. The number of hydrogen-bond donors (Lipinski definition) is 2. The van der Waals surface area contributed by atoms with Gasteiger partial charge in [0, 0.05) is 19.8 Å². The van der Waals surface area contributed by atoms with Gasteiger partial charge in [-0.15, -0.1) is 0 Å². The molecule has 1 aliphatic rings. The molecule has 7 heteroatoms. The van der Waals surface area contributed by atoms with Crippen molar-refractivity contribution in [1.82, 2.24) is 15.5 Å². The number of carboxylic acid groups (broad SMARTS) is 1. The van der Waals surface area contributed by atoms with Gasteiger partial charge in [-0.25, -0.2) is 0 Å². The lowest BCUT2D eigenvalue weighted by atomic mass is 9.81. The number of carbonyl (C=O) groups is 2. The lowest BCUT2D eigenvalue weighted by molar-refractivity contribution is -0.137. The van der Waals surface area contributed by atoms with Crippen molar-refractivity contribution in [3.05, 3.63) is 11.7 Å². The molecule has 7 nitrogen and oxygen atoms in total. The van der Waals surface area contributed by atoms with Gasteiger partial charge in [0.2, 0.25) is 11.8 Å². The van der Waals surface area contributed by atoms with Crippen molar-refractivity contribution in [3.63, 3.8) is 0 Å². The van der Waals surface area contributed by atoms with Gasteiger partial charge in [0.1, 0.15) is 5.54 Å². The molecule has 22 heavy (non-hydrogen) atoms. The van der Waals surface area contributed by atoms with Gasteiger partial charge in [0.25, 0.3) is 0 Å². The summed E-state index contributed by atoms with van der Waals surface area (Å²) in [6.45, 7) is 1.74. The number of rotatable bonds is 7. The first-order valence-corrected chi connectivity index (χ1v) is 7.85. The minimum Gasteiger partial charge on any atom is -0.481 e. The van der Waals surface area contributed by atoms with E-state index in [2.05, 4.69) is 15.5 Å². The Kier molecular flexibility index (Phi) is 5.51. The van der Waals surface area contributed by atoms with Gasteiger partial charge >= 0.3 is 5.97 Å². The van der Waals surface area contributed by atoms with Crippen LogP contribution in [0.25, 0.3) is 0 Å². The molecule has 0 aromatic carbocycles. The molecule has 1 saturated carbocycles. The van der Waals surface area contributed by atoms with Crippen molar-refractivity contribution in [2.45, 2.75) is 70.3 Å². The maximum atomic E-state index is 12.2. The van der Waals surface area contributed by atoms with Crippen LogP contribution in [-0.4, -0.2) is 27.1 Å². The van der Waals surface area contributed by atoms with E-state index in [1.807, 2.05) is 0 Å². The third kappa shape index (κ3) is 4.29. The van der Waals surface area contributed by atoms with Crippen LogP contribution in [0.5, 0.6) is 0 Å². The van der Waals surface area contributed by atoms with Crippen molar-refractivity contribution < 1.29 is 19.2 Å². The molecule has 1 aromatic rings. The van der Waals surface area contributed by atoms with Crippen molar-refractivity contribution in [2.75, 3.05) is 0 Å². The van der Waals surface area contributed by atoms with Gasteiger partial charge in [-0.3, -0.25) is 9.59 Å². The van der Waals surface area contributed by atoms with E-state index in [1.54, 1.807) is 6.92 Å². The Morgan fingerprint density at radius 1 is 1.23 bits per heavy atom. The number of unbranched alkanes of at least 4 members (excludes halogenated alkanes) is 1. The molecule has 0 unspecified atom stereocenters. The Bertz CT molecular complexity index is 521. The van der Waals surface area contributed by atoms with Crippen LogP contribution in [-0.2, 0) is 15.1 Å². The fourth-order valence-corrected chi connectivity index (χ4v) is 2.94. The number of carboxylic acids is 1. The van der Waals surface area contributed by atoms with Crippen LogP contribution >= 0.6 is 0 Å². The number of aryl methyl sites for hydroxylation is 1. The molecule has 0 radical (unpaired) electrons. The molecular weight excluding hydrogens is 286 g/mol. The highest BCUT2D eigenvalue weighted by Gasteiger charge is 2.39. The van der Waals surface area contributed by atoms with Gasteiger partial charge < -0.3 is 14.9 Å². The highest BCUT2D eigenvalue weighted by molar-refractivity contribution is 5.77. The molecule has 2 N–H and O–H groups in total. The molecule has 1 fully saturated rings. The van der Waals surface area contributed by atoms with Gasteiger partial charge in [-0.1, -0.05) is 24.4 Å². The number of nitrogens with zero attached hydrogens (tertiary/aromatic N) is 2. The molecule has 122 valence electrons. The SMILES string of the molecule is Cc1nc(C2(NC(=O)CCCCC(=O)O)CCCCC2)no1. The standard InChI is InChI=1S/C15H23N3O4/c1-11-16-14(18-22-11)15(9-5-2-6-10-15)17-12(19)7-3-4-8-13(20)21/h2-10H2,1H3,(H,17,19)(H,20,21). The Morgan fingerprint density at radius 2 is 1.91 bits per heavy atom. The Labute approximate surface area is 129 Å². The van der Waals surface area contributed by atoms with Crippen molar-refractivity contribution in [2.24, 2.45) is 0 Å². The van der Waals surface area contributed by atoms with E-state index in [1.165, 1.54) is 0 Å². The fraction of sp³-hybridized carbons (Fsp3) is 0.733. The van der Waals surface area contributed by atoms with Crippen LogP contribution in [0.3, 0.4) is 0 Å². The first-order valence-electron chi connectivity index (χ1n) is 7.85. The third-order valence-electron chi connectivity index (χ3n) is 4.09. The highest BCUT2D eigenvalue weighted by Crippen LogP contribution is 2.35. The molecule has 0 spiro atoms. The Hall–Kier alpha value is -1.92. The summed E-state index contributed by atoms with van der Waals surface area (Å²) >= 11 is 0. The Balaban J connectivity index is 1.95. The number of carbonyl (C=O) groups excluding carboxylic acids is 1. The molecule has 1 aromatic heterocycles. The quantitative estimate of drug-likeness (QED) is 0.749. The summed E-state index contributed by atoms with van der Waals surface area (Å²) in [5.41, 5.74) is -0.528. The van der Waals surface area contributed by atoms with Crippen molar-refractivity contribution in [3.8, 4) is 0 Å². The van der Waals surface area contributed by atoms with E-state index < -0.39 is 11.5 Å². The molecule has 0 aliphatic heterocycles. The molecule has 1 heterocycles. The van der Waals surface area contributed by atoms with E-state index in [4.69, 9.17) is 9.63 Å². The summed E-state index contributed by atoms with van der Waals surface area (Å²) in [6.07, 6.45) is 6.32. The van der Waals surface area contributed by atoms with E-state index in [0.717, 1.165) is 32.1 Å². The highest BCUT2D eigenvalue weighted by atomic mass is 16.5. The summed E-state index contributed by atoms with van der Waals surface area (Å²) < 4.78 is 5.07. The predicted molar refractivity (Wildman–Crippen MR) is 78.0 cm³/mol. The van der Waals surface area contributed by atoms with Gasteiger partial charge in [0.15, 0.2) is 5.82 Å². The van der Waals surface area contributed by atoms with Crippen LogP contribution in [0.1, 0.15) is 69.5 Å². The second-order valence-electron chi connectivity index (χ2n) is 5.93. The average Bonchev–Trinajstić information content (AvgIpc) is 2.92. The minimum atomic E-state index is -0.827. The van der Waals surface area contributed by atoms with E-state index in [0.29, 0.717) is 31.0 Å². The van der Waals surface area contributed by atoms with Gasteiger partial charge in [0.05, 0.1) is 0 Å². The summed E-state index contributed by atoms with van der Waals surface area (Å²) in [6, 6.07) is 0. The summed E-state index contributed by atoms with van der Waals surface area (Å²) in [7, 11) is 0. The zero-order valence-electron chi connectivity index (χ0n) is 12.9. The van der Waals surface area contributed by atoms with Crippen LogP contribution in [0.4, 0.5) is 0 Å². The van der Waals surface area contributed by atoms with Crippen LogP contribution in [0.2, 0.25) is 0 Å². The maximum Gasteiger partial charge on any atom is 0.303 e. The fourth-order valence-electron chi connectivity index (χ4n) is 2.94. The van der Waals surface area contributed by atoms with Gasteiger partial charge in [-0.05, 0) is 25.7 Å². The number of aromatic nitrogens is 2.